The second kappa shape index (κ2) is 8.92. The van der Waals surface area contributed by atoms with Gasteiger partial charge in [0.25, 0.3) is 5.56 Å². The van der Waals surface area contributed by atoms with Crippen LogP contribution in [0.15, 0.2) is 47.7 Å². The Morgan fingerprint density at radius 1 is 1.11 bits per heavy atom. The minimum absolute atomic E-state index is 0.0124. The number of hydrogen-bond acceptors (Lipinski definition) is 6. The molecule has 4 unspecified atom stereocenters. The number of alkyl halides is 2. The molecule has 0 spiro atoms. The number of hydrogen-bond donors (Lipinski definition) is 2. The average molecular weight is 498 g/mol. The smallest absolute Gasteiger partial charge is 0.253 e. The zero-order chi connectivity index (χ0) is 25.0. The van der Waals surface area contributed by atoms with Gasteiger partial charge in [0.1, 0.15) is 23.6 Å². The molecular weight excluding hydrogens is 471 g/mol. The third-order valence-electron chi connectivity index (χ3n) is 7.55. The molecule has 2 aliphatic heterocycles. The van der Waals surface area contributed by atoms with E-state index in [0.29, 0.717) is 11.9 Å². The molecule has 188 valence electrons. The number of halogens is 3. The normalized spacial score (nSPS) is 25.2. The van der Waals surface area contributed by atoms with E-state index in [0.717, 1.165) is 48.8 Å². The predicted molar refractivity (Wildman–Crippen MR) is 129 cm³/mol. The maximum absolute atomic E-state index is 15.3. The van der Waals surface area contributed by atoms with E-state index in [9.17, 15) is 14.3 Å². The second-order valence-electron chi connectivity index (χ2n) is 9.89. The highest BCUT2D eigenvalue weighted by Crippen LogP contribution is 2.40. The van der Waals surface area contributed by atoms with Crippen molar-refractivity contribution in [2.45, 2.75) is 69.2 Å². The van der Waals surface area contributed by atoms with Crippen molar-refractivity contribution in [3.63, 3.8) is 0 Å². The molecular formula is C26H26F3N5O2. The van der Waals surface area contributed by atoms with Gasteiger partial charge in [-0.05, 0) is 55.9 Å². The van der Waals surface area contributed by atoms with Crippen molar-refractivity contribution >= 4 is 5.82 Å². The Kier molecular flexibility index (Phi) is 5.70. The zero-order valence-electron chi connectivity index (χ0n) is 19.4. The fourth-order valence-corrected chi connectivity index (χ4v) is 5.58. The second-order valence-corrected chi connectivity index (χ2v) is 9.89. The molecule has 1 saturated carbocycles. The molecule has 2 saturated heterocycles. The SMILES string of the molecule is O=c1cc(-c2cc(O)c(-c3cnc(N(C4CC4)C4CC5CCC(N5)C4F)cn3)cc2F)ccn1CF. The standard InChI is InChI=1S/C26H26F3N5O2/c27-13-33-6-5-14(7-25(33)36)17-10-23(35)18(9-19(17)28)21-11-31-24(12-30-21)34(16-2-3-16)22-8-15-1-4-20(32-15)26(22)29/h5-7,9-12,15-16,20,22,26,32,35H,1-4,8,13H2. The highest BCUT2D eigenvalue weighted by Gasteiger charge is 2.48. The number of pyridine rings is 1. The molecule has 1 aliphatic carbocycles. The van der Waals surface area contributed by atoms with Gasteiger partial charge in [-0.15, -0.1) is 0 Å². The number of fused-ring (bicyclic) bond motifs is 2. The number of phenolic OH excluding ortho intramolecular Hbond substituents is 1. The Hall–Kier alpha value is -3.40. The van der Waals surface area contributed by atoms with E-state index in [-0.39, 0.29) is 46.3 Å². The highest BCUT2D eigenvalue weighted by molar-refractivity contribution is 5.74. The van der Waals surface area contributed by atoms with Gasteiger partial charge >= 0.3 is 0 Å². The van der Waals surface area contributed by atoms with Crippen LogP contribution in [-0.2, 0) is 6.80 Å². The quantitative estimate of drug-likeness (QED) is 0.537. The van der Waals surface area contributed by atoms with Crippen molar-refractivity contribution in [2.75, 3.05) is 4.90 Å². The van der Waals surface area contributed by atoms with E-state index in [1.807, 2.05) is 0 Å². The first-order valence-corrected chi connectivity index (χ1v) is 12.2. The summed E-state index contributed by atoms with van der Waals surface area (Å²) in [5, 5.41) is 14.0. The molecule has 2 bridgehead atoms. The molecule has 3 aromatic rings. The van der Waals surface area contributed by atoms with Crippen LogP contribution >= 0.6 is 0 Å². The summed E-state index contributed by atoms with van der Waals surface area (Å²) in [6.07, 6.45) is 7.80. The lowest BCUT2D eigenvalue weighted by Crippen LogP contribution is -2.57. The minimum Gasteiger partial charge on any atom is -0.507 e. The van der Waals surface area contributed by atoms with E-state index >= 15 is 8.78 Å². The van der Waals surface area contributed by atoms with E-state index in [1.165, 1.54) is 24.5 Å². The van der Waals surface area contributed by atoms with Crippen molar-refractivity contribution in [3.8, 4) is 28.1 Å². The van der Waals surface area contributed by atoms with Gasteiger partial charge in [0.05, 0.1) is 24.1 Å². The summed E-state index contributed by atoms with van der Waals surface area (Å²) in [5.41, 5.74) is 0.0404. The number of piperidine rings is 1. The van der Waals surface area contributed by atoms with Gasteiger partial charge in [0, 0.05) is 41.5 Å². The molecule has 0 radical (unpaired) electrons. The molecule has 2 aromatic heterocycles. The van der Waals surface area contributed by atoms with E-state index in [2.05, 4.69) is 20.2 Å². The third-order valence-corrected chi connectivity index (χ3v) is 7.55. The summed E-state index contributed by atoms with van der Waals surface area (Å²) in [6.45, 7) is -0.983. The van der Waals surface area contributed by atoms with Gasteiger partial charge in [0.15, 0.2) is 6.80 Å². The van der Waals surface area contributed by atoms with Crippen molar-refractivity contribution < 1.29 is 18.3 Å². The average Bonchev–Trinajstić information content (AvgIpc) is 3.63. The maximum atomic E-state index is 15.3. The topological polar surface area (TPSA) is 83.3 Å². The van der Waals surface area contributed by atoms with Gasteiger partial charge in [0.2, 0.25) is 0 Å². The van der Waals surface area contributed by atoms with Gasteiger partial charge in [-0.25, -0.2) is 18.2 Å². The van der Waals surface area contributed by atoms with E-state index in [1.54, 1.807) is 6.20 Å². The van der Waals surface area contributed by atoms with Crippen LogP contribution in [0, 0.1) is 5.82 Å². The number of rotatable bonds is 6. The van der Waals surface area contributed by atoms with E-state index < -0.39 is 24.3 Å². The maximum Gasteiger partial charge on any atom is 0.253 e. The van der Waals surface area contributed by atoms with Crippen LogP contribution in [0.5, 0.6) is 5.75 Å². The van der Waals surface area contributed by atoms with Crippen LogP contribution in [0.2, 0.25) is 0 Å². The molecule has 4 atom stereocenters. The molecule has 3 fully saturated rings. The number of benzene rings is 1. The lowest BCUT2D eigenvalue weighted by molar-refractivity contribution is 0.171. The van der Waals surface area contributed by atoms with Crippen LogP contribution in [0.4, 0.5) is 19.0 Å². The summed E-state index contributed by atoms with van der Waals surface area (Å²) in [7, 11) is 0. The van der Waals surface area contributed by atoms with Crippen LogP contribution in [0.1, 0.15) is 32.1 Å². The van der Waals surface area contributed by atoms with Crippen molar-refractivity contribution in [3.05, 3.63) is 59.0 Å². The Bertz CT molecular complexity index is 1340. The number of aromatic hydroxyl groups is 1. The first-order valence-electron chi connectivity index (χ1n) is 12.2. The van der Waals surface area contributed by atoms with Crippen molar-refractivity contribution in [2.24, 2.45) is 0 Å². The van der Waals surface area contributed by atoms with Gasteiger partial charge in [-0.3, -0.25) is 14.3 Å². The minimum atomic E-state index is -0.983. The Morgan fingerprint density at radius 3 is 2.64 bits per heavy atom. The summed E-state index contributed by atoms with van der Waals surface area (Å²) in [6, 6.07) is 5.06. The predicted octanol–water partition coefficient (Wildman–Crippen LogP) is 3.94. The first-order chi connectivity index (χ1) is 17.4. The van der Waals surface area contributed by atoms with Crippen LogP contribution < -0.4 is 15.8 Å². The summed E-state index contributed by atoms with van der Waals surface area (Å²) < 4.78 is 43.9. The lowest BCUT2D eigenvalue weighted by atomic mass is 9.96. The number of nitrogens with zero attached hydrogens (tertiary/aromatic N) is 4. The molecule has 2 N–H and O–H groups in total. The van der Waals surface area contributed by atoms with E-state index in [4.69, 9.17) is 0 Å². The summed E-state index contributed by atoms with van der Waals surface area (Å²) >= 11 is 0. The number of phenols is 1. The van der Waals surface area contributed by atoms with Crippen LogP contribution in [0.3, 0.4) is 0 Å². The first kappa shape index (κ1) is 23.0. The monoisotopic (exact) mass is 497 g/mol. The van der Waals surface area contributed by atoms with Crippen molar-refractivity contribution in [1.29, 1.82) is 0 Å². The summed E-state index contributed by atoms with van der Waals surface area (Å²) in [4.78, 5) is 23.0. The molecule has 10 heteroatoms. The molecule has 6 rings (SSSR count). The van der Waals surface area contributed by atoms with Gasteiger partial charge < -0.3 is 15.3 Å². The Morgan fingerprint density at radius 2 is 1.94 bits per heavy atom. The lowest BCUT2D eigenvalue weighted by Gasteiger charge is -2.41. The Balaban J connectivity index is 1.28. The highest BCUT2D eigenvalue weighted by atomic mass is 19.1. The fraction of sp³-hybridized carbons (Fsp3) is 0.423. The van der Waals surface area contributed by atoms with Crippen LogP contribution in [-0.4, -0.2) is 50.0 Å². The fourth-order valence-electron chi connectivity index (χ4n) is 5.58. The molecule has 0 amide bonds. The Labute approximate surface area is 205 Å². The van der Waals surface area contributed by atoms with Gasteiger partial charge in [-0.1, -0.05) is 0 Å². The van der Waals surface area contributed by atoms with Crippen LogP contribution in [0.25, 0.3) is 22.4 Å². The third kappa shape index (κ3) is 4.03. The van der Waals surface area contributed by atoms with Gasteiger partial charge in [-0.2, -0.15) is 0 Å². The number of nitrogens with one attached hydrogen (secondary N) is 1. The molecule has 36 heavy (non-hydrogen) atoms. The van der Waals surface area contributed by atoms with Crippen molar-refractivity contribution in [1.82, 2.24) is 19.9 Å². The largest absolute Gasteiger partial charge is 0.507 e. The number of aromatic nitrogens is 3. The zero-order valence-corrected chi connectivity index (χ0v) is 19.4. The summed E-state index contributed by atoms with van der Waals surface area (Å²) in [5.74, 6) is -0.322. The molecule has 4 heterocycles. The molecule has 7 nitrogen and oxygen atoms in total. The molecule has 3 aliphatic rings. The molecule has 1 aromatic carbocycles. The number of anilines is 1.